The molecule has 1 rings (SSSR count). The van der Waals surface area contributed by atoms with Gasteiger partial charge in [0.2, 0.25) is 0 Å². The lowest BCUT2D eigenvalue weighted by Gasteiger charge is -2.02. The fourth-order valence-corrected chi connectivity index (χ4v) is 0.855. The number of benzene rings is 1. The Labute approximate surface area is 93.3 Å². The van der Waals surface area contributed by atoms with Crippen LogP contribution in [0.5, 0.6) is 5.75 Å². The van der Waals surface area contributed by atoms with Crippen LogP contribution >= 0.6 is 0 Å². The maximum atomic E-state index is 11.1. The van der Waals surface area contributed by atoms with Crippen LogP contribution in [0.1, 0.15) is 24.2 Å². The molecule has 0 saturated carbocycles. The van der Waals surface area contributed by atoms with Crippen LogP contribution in [-0.2, 0) is 9.53 Å². The lowest BCUT2D eigenvalue weighted by Crippen LogP contribution is -2.04. The molecule has 0 aliphatic heterocycles. The molecule has 0 aliphatic carbocycles. The minimum atomic E-state index is -0.833. The summed E-state index contributed by atoms with van der Waals surface area (Å²) < 4.78 is 4.71. The number of carbonyl (C=O) groups excluding carboxylic acids is 1. The first-order valence-electron chi connectivity index (χ1n) is 4.63. The number of aliphatic carboxylic acids is 1. The first kappa shape index (κ1) is 14.0. The Bertz CT molecular complexity index is 355. The Kier molecular flexibility index (Phi) is 6.35. The van der Waals surface area contributed by atoms with Crippen molar-refractivity contribution < 1.29 is 24.5 Å². The van der Waals surface area contributed by atoms with E-state index in [9.17, 15) is 9.90 Å². The van der Waals surface area contributed by atoms with Crippen LogP contribution in [0.3, 0.4) is 0 Å². The zero-order valence-corrected chi connectivity index (χ0v) is 9.14. The van der Waals surface area contributed by atoms with Gasteiger partial charge in [-0.1, -0.05) is 12.1 Å². The van der Waals surface area contributed by atoms with Gasteiger partial charge in [-0.25, -0.2) is 4.79 Å². The van der Waals surface area contributed by atoms with E-state index >= 15 is 0 Å². The average molecular weight is 226 g/mol. The number of hydrogen-bond acceptors (Lipinski definition) is 4. The zero-order valence-electron chi connectivity index (χ0n) is 9.14. The van der Waals surface area contributed by atoms with Crippen LogP contribution in [0.15, 0.2) is 24.3 Å². The van der Waals surface area contributed by atoms with Gasteiger partial charge in [0, 0.05) is 6.92 Å². The highest BCUT2D eigenvalue weighted by Gasteiger charge is 2.09. The van der Waals surface area contributed by atoms with E-state index in [0.717, 1.165) is 6.92 Å². The Morgan fingerprint density at radius 1 is 1.31 bits per heavy atom. The van der Waals surface area contributed by atoms with E-state index in [4.69, 9.17) is 14.6 Å². The normalized spacial score (nSPS) is 8.62. The van der Waals surface area contributed by atoms with E-state index in [2.05, 4.69) is 0 Å². The summed E-state index contributed by atoms with van der Waals surface area (Å²) in [6, 6.07) is 6.30. The number of phenols is 1. The Balaban J connectivity index is 0.000000487. The third-order valence-electron chi connectivity index (χ3n) is 1.40. The van der Waals surface area contributed by atoms with Crippen LogP contribution in [0.4, 0.5) is 0 Å². The van der Waals surface area contributed by atoms with Gasteiger partial charge < -0.3 is 14.9 Å². The molecule has 0 aliphatic rings. The van der Waals surface area contributed by atoms with E-state index in [-0.39, 0.29) is 11.3 Å². The molecule has 0 unspecified atom stereocenters. The summed E-state index contributed by atoms with van der Waals surface area (Å²) in [5, 5.41) is 16.6. The smallest absolute Gasteiger partial charge is 0.341 e. The first-order valence-corrected chi connectivity index (χ1v) is 4.63. The van der Waals surface area contributed by atoms with Gasteiger partial charge in [0.15, 0.2) is 0 Å². The molecule has 0 heterocycles. The summed E-state index contributed by atoms with van der Waals surface area (Å²) in [6.45, 7) is 3.12. The largest absolute Gasteiger partial charge is 0.507 e. The number of ether oxygens (including phenoxy) is 1. The average Bonchev–Trinajstić information content (AvgIpc) is 2.17. The van der Waals surface area contributed by atoms with E-state index in [0.29, 0.717) is 6.61 Å². The molecule has 0 amide bonds. The second kappa shape index (κ2) is 7.28. The maximum Gasteiger partial charge on any atom is 0.341 e. The van der Waals surface area contributed by atoms with Gasteiger partial charge in [-0.2, -0.15) is 0 Å². The summed E-state index contributed by atoms with van der Waals surface area (Å²) in [7, 11) is 0. The Hall–Kier alpha value is -2.04. The van der Waals surface area contributed by atoms with Crippen molar-refractivity contribution in [2.75, 3.05) is 6.61 Å². The number of carboxylic acids is 1. The summed E-state index contributed by atoms with van der Waals surface area (Å²) in [4.78, 5) is 20.1. The van der Waals surface area contributed by atoms with Crippen LogP contribution in [0, 0.1) is 0 Å². The first-order chi connectivity index (χ1) is 7.49. The van der Waals surface area contributed by atoms with Gasteiger partial charge in [-0.15, -0.1) is 0 Å². The van der Waals surface area contributed by atoms with E-state index in [1.54, 1.807) is 19.1 Å². The van der Waals surface area contributed by atoms with Gasteiger partial charge in [-0.05, 0) is 19.1 Å². The molecule has 5 heteroatoms. The standard InChI is InChI=1S/C9H10O3.C2H4O2/c1-2-12-9(11)7-5-3-4-6-8(7)10;1-2(3)4/h3-6,10H,2H2,1H3;1H3,(H,3,4). The van der Waals surface area contributed by atoms with Gasteiger partial charge in [0.05, 0.1) is 6.61 Å². The third kappa shape index (κ3) is 5.64. The highest BCUT2D eigenvalue weighted by Crippen LogP contribution is 2.16. The number of hydrogen-bond donors (Lipinski definition) is 2. The number of rotatable bonds is 2. The number of carboxylic acid groups (broad SMARTS) is 1. The lowest BCUT2D eigenvalue weighted by atomic mass is 10.2. The van der Waals surface area contributed by atoms with Crippen LogP contribution < -0.4 is 0 Å². The number of phenolic OH excluding ortho intramolecular Hbond substituents is 1. The van der Waals surface area contributed by atoms with Crippen molar-refractivity contribution in [1.82, 2.24) is 0 Å². The molecule has 0 radical (unpaired) electrons. The van der Waals surface area contributed by atoms with E-state index in [1.165, 1.54) is 12.1 Å². The van der Waals surface area contributed by atoms with Gasteiger partial charge >= 0.3 is 5.97 Å². The fourth-order valence-electron chi connectivity index (χ4n) is 0.855. The van der Waals surface area contributed by atoms with Crippen LogP contribution in [0.25, 0.3) is 0 Å². The molecule has 0 spiro atoms. The molecular formula is C11H14O5. The van der Waals surface area contributed by atoms with Crippen molar-refractivity contribution >= 4 is 11.9 Å². The van der Waals surface area contributed by atoms with Crippen molar-refractivity contribution in [2.45, 2.75) is 13.8 Å². The number of aromatic hydroxyl groups is 1. The number of para-hydroxylation sites is 1. The fraction of sp³-hybridized carbons (Fsp3) is 0.273. The van der Waals surface area contributed by atoms with Gasteiger partial charge in [0.1, 0.15) is 11.3 Å². The molecule has 0 fully saturated rings. The highest BCUT2D eigenvalue weighted by atomic mass is 16.5. The molecule has 0 aromatic heterocycles. The monoisotopic (exact) mass is 226 g/mol. The topological polar surface area (TPSA) is 83.8 Å². The molecule has 0 bridgehead atoms. The zero-order chi connectivity index (χ0) is 12.6. The quantitative estimate of drug-likeness (QED) is 0.749. The molecule has 2 N–H and O–H groups in total. The van der Waals surface area contributed by atoms with E-state index < -0.39 is 11.9 Å². The van der Waals surface area contributed by atoms with Gasteiger partial charge in [-0.3, -0.25) is 4.79 Å². The second-order valence-corrected chi connectivity index (χ2v) is 2.76. The van der Waals surface area contributed by atoms with Crippen molar-refractivity contribution in [3.05, 3.63) is 29.8 Å². The Morgan fingerprint density at radius 2 is 1.81 bits per heavy atom. The molecule has 1 aromatic rings. The third-order valence-corrected chi connectivity index (χ3v) is 1.40. The Morgan fingerprint density at radius 3 is 2.25 bits per heavy atom. The lowest BCUT2D eigenvalue weighted by molar-refractivity contribution is -0.134. The molecule has 88 valence electrons. The van der Waals surface area contributed by atoms with Crippen molar-refractivity contribution in [3.63, 3.8) is 0 Å². The minimum absolute atomic E-state index is 0.0454. The summed E-state index contributed by atoms with van der Waals surface area (Å²) in [5.41, 5.74) is 0.208. The molecule has 5 nitrogen and oxygen atoms in total. The summed E-state index contributed by atoms with van der Waals surface area (Å²) in [6.07, 6.45) is 0. The summed E-state index contributed by atoms with van der Waals surface area (Å²) >= 11 is 0. The van der Waals surface area contributed by atoms with Crippen molar-refractivity contribution in [3.8, 4) is 5.75 Å². The van der Waals surface area contributed by atoms with E-state index in [1.807, 2.05) is 0 Å². The van der Waals surface area contributed by atoms with Gasteiger partial charge in [0.25, 0.3) is 5.97 Å². The van der Waals surface area contributed by atoms with Crippen LogP contribution in [0.2, 0.25) is 0 Å². The highest BCUT2D eigenvalue weighted by molar-refractivity contribution is 5.92. The molecule has 0 atom stereocenters. The van der Waals surface area contributed by atoms with Crippen LogP contribution in [-0.4, -0.2) is 28.8 Å². The predicted octanol–water partition coefficient (Wildman–Crippen LogP) is 1.66. The maximum absolute atomic E-state index is 11.1. The molecule has 16 heavy (non-hydrogen) atoms. The SMILES string of the molecule is CC(=O)O.CCOC(=O)c1ccccc1O. The van der Waals surface area contributed by atoms with Crippen molar-refractivity contribution in [2.24, 2.45) is 0 Å². The van der Waals surface area contributed by atoms with Crippen molar-refractivity contribution in [1.29, 1.82) is 0 Å². The minimum Gasteiger partial charge on any atom is -0.507 e. The number of carbonyl (C=O) groups is 2. The molecular weight excluding hydrogens is 212 g/mol. The number of esters is 1. The molecule has 1 aromatic carbocycles. The predicted molar refractivity (Wildman–Crippen MR) is 57.4 cm³/mol. The summed E-state index contributed by atoms with van der Waals surface area (Å²) in [5.74, 6) is -1.37. The second-order valence-electron chi connectivity index (χ2n) is 2.76. The molecule has 0 saturated heterocycles.